The molecule has 0 heterocycles. The molecule has 16 heavy (non-hydrogen) atoms. The number of carbonyl (C=O) groups is 1. The molecule has 2 aromatic carbocycles. The number of benzene rings is 2. The first kappa shape index (κ1) is 10.6. The molecule has 0 aromatic heterocycles. The normalized spacial score (nSPS) is 10.0. The Morgan fingerprint density at radius 3 is 2.25 bits per heavy atom. The fourth-order valence-corrected chi connectivity index (χ4v) is 2.02. The molecule has 0 fully saturated rings. The monoisotopic (exact) mass is 228 g/mol. The molecule has 0 bridgehead atoms. The van der Waals surface area contributed by atoms with Crippen LogP contribution in [0.15, 0.2) is 54.6 Å². The SMILES string of the molecule is O=C(Oc1ccccc1)c1ccccc1[SiH3]. The van der Waals surface area contributed by atoms with Crippen LogP contribution in [0.1, 0.15) is 10.4 Å². The lowest BCUT2D eigenvalue weighted by Crippen LogP contribution is -2.19. The summed E-state index contributed by atoms with van der Waals surface area (Å²) in [5, 5.41) is 1.06. The van der Waals surface area contributed by atoms with Crippen molar-refractivity contribution >= 4 is 21.4 Å². The molecule has 2 aromatic rings. The Bertz CT molecular complexity index is 494. The van der Waals surface area contributed by atoms with Crippen molar-refractivity contribution in [3.05, 3.63) is 60.2 Å². The van der Waals surface area contributed by atoms with E-state index in [1.54, 1.807) is 18.2 Å². The Labute approximate surface area is 97.3 Å². The van der Waals surface area contributed by atoms with Crippen molar-refractivity contribution in [1.82, 2.24) is 0 Å². The number of hydrogen-bond donors (Lipinski definition) is 0. The average Bonchev–Trinajstić information content (AvgIpc) is 2.31. The Kier molecular flexibility index (Phi) is 3.17. The highest BCUT2D eigenvalue weighted by molar-refractivity contribution is 6.36. The van der Waals surface area contributed by atoms with Crippen LogP contribution in [0.3, 0.4) is 0 Å². The van der Waals surface area contributed by atoms with Crippen LogP contribution in [0.5, 0.6) is 5.75 Å². The van der Waals surface area contributed by atoms with Gasteiger partial charge in [0.25, 0.3) is 0 Å². The van der Waals surface area contributed by atoms with Crippen molar-refractivity contribution < 1.29 is 9.53 Å². The molecular weight excluding hydrogens is 216 g/mol. The third kappa shape index (κ3) is 2.38. The molecule has 0 spiro atoms. The lowest BCUT2D eigenvalue weighted by atomic mass is 10.2. The molecule has 3 heteroatoms. The molecule has 0 amide bonds. The smallest absolute Gasteiger partial charge is 0.343 e. The van der Waals surface area contributed by atoms with Gasteiger partial charge in [0.1, 0.15) is 5.75 Å². The fourth-order valence-electron chi connectivity index (χ4n) is 1.45. The highest BCUT2D eigenvalue weighted by Crippen LogP contribution is 2.10. The van der Waals surface area contributed by atoms with Gasteiger partial charge in [-0.2, -0.15) is 0 Å². The van der Waals surface area contributed by atoms with Gasteiger partial charge >= 0.3 is 5.97 Å². The lowest BCUT2D eigenvalue weighted by molar-refractivity contribution is 0.0736. The lowest BCUT2D eigenvalue weighted by Gasteiger charge is -2.05. The van der Waals surface area contributed by atoms with Gasteiger partial charge in [-0.05, 0) is 18.2 Å². The molecule has 0 N–H and O–H groups in total. The first-order valence-corrected chi connectivity index (χ1v) is 6.10. The van der Waals surface area contributed by atoms with Crippen LogP contribution < -0.4 is 9.92 Å². The van der Waals surface area contributed by atoms with Gasteiger partial charge in [0.2, 0.25) is 0 Å². The fraction of sp³-hybridized carbons (Fsp3) is 0. The van der Waals surface area contributed by atoms with Gasteiger partial charge in [0.15, 0.2) is 0 Å². The first-order chi connectivity index (χ1) is 7.77. The molecule has 0 aliphatic heterocycles. The van der Waals surface area contributed by atoms with E-state index in [9.17, 15) is 4.79 Å². The van der Waals surface area contributed by atoms with Crippen LogP contribution >= 0.6 is 0 Å². The van der Waals surface area contributed by atoms with E-state index in [0.29, 0.717) is 11.3 Å². The molecule has 0 saturated carbocycles. The zero-order valence-electron chi connectivity index (χ0n) is 9.01. The number of esters is 1. The average molecular weight is 228 g/mol. The number of para-hydroxylation sites is 1. The van der Waals surface area contributed by atoms with Crippen molar-refractivity contribution in [1.29, 1.82) is 0 Å². The van der Waals surface area contributed by atoms with E-state index in [4.69, 9.17) is 4.74 Å². The summed E-state index contributed by atoms with van der Waals surface area (Å²) in [5.41, 5.74) is 0.665. The predicted octanol–water partition coefficient (Wildman–Crippen LogP) is 0.896. The number of ether oxygens (including phenoxy) is 1. The highest BCUT2D eigenvalue weighted by atomic mass is 28.1. The van der Waals surface area contributed by atoms with Gasteiger partial charge in [0, 0.05) is 10.2 Å². The third-order valence-electron chi connectivity index (χ3n) is 2.32. The Balaban J connectivity index is 2.19. The summed E-state index contributed by atoms with van der Waals surface area (Å²) in [7, 11) is 0.839. The van der Waals surface area contributed by atoms with Crippen molar-refractivity contribution in [3.63, 3.8) is 0 Å². The van der Waals surface area contributed by atoms with Crippen LogP contribution in [0.25, 0.3) is 0 Å². The summed E-state index contributed by atoms with van der Waals surface area (Å²) in [6.45, 7) is 0. The molecule has 0 aliphatic carbocycles. The van der Waals surface area contributed by atoms with Crippen molar-refractivity contribution in [2.75, 3.05) is 0 Å². The van der Waals surface area contributed by atoms with E-state index in [1.165, 1.54) is 0 Å². The predicted molar refractivity (Wildman–Crippen MR) is 67.4 cm³/mol. The largest absolute Gasteiger partial charge is 0.423 e. The molecular formula is C13H12O2Si. The van der Waals surface area contributed by atoms with Crippen LogP contribution in [0.4, 0.5) is 0 Å². The summed E-state index contributed by atoms with van der Waals surface area (Å²) in [6.07, 6.45) is 0. The topological polar surface area (TPSA) is 26.3 Å². The van der Waals surface area contributed by atoms with Crippen LogP contribution in [0, 0.1) is 0 Å². The standard InChI is InChI=1S/C13H12O2Si/c14-13(11-8-4-5-9-12(11)16)15-10-6-2-1-3-7-10/h1-9H,16H3. The van der Waals surface area contributed by atoms with Crippen molar-refractivity contribution in [3.8, 4) is 5.75 Å². The van der Waals surface area contributed by atoms with Gasteiger partial charge < -0.3 is 4.74 Å². The zero-order chi connectivity index (χ0) is 11.4. The van der Waals surface area contributed by atoms with Crippen LogP contribution in [-0.2, 0) is 0 Å². The summed E-state index contributed by atoms with van der Waals surface area (Å²) in [4.78, 5) is 11.8. The van der Waals surface area contributed by atoms with Gasteiger partial charge in [-0.1, -0.05) is 41.6 Å². The van der Waals surface area contributed by atoms with Gasteiger partial charge in [-0.25, -0.2) is 4.79 Å². The van der Waals surface area contributed by atoms with Crippen molar-refractivity contribution in [2.24, 2.45) is 0 Å². The second kappa shape index (κ2) is 4.77. The summed E-state index contributed by atoms with van der Waals surface area (Å²) >= 11 is 0. The number of hydrogen-bond acceptors (Lipinski definition) is 2. The molecule has 0 aliphatic rings. The second-order valence-electron chi connectivity index (χ2n) is 3.52. The van der Waals surface area contributed by atoms with Crippen molar-refractivity contribution in [2.45, 2.75) is 0 Å². The molecule has 0 unspecified atom stereocenters. The van der Waals surface area contributed by atoms with E-state index in [-0.39, 0.29) is 5.97 Å². The summed E-state index contributed by atoms with van der Waals surface area (Å²) in [6, 6.07) is 16.6. The number of rotatable bonds is 2. The molecule has 2 rings (SSSR count). The Morgan fingerprint density at radius 1 is 0.938 bits per heavy atom. The Hall–Kier alpha value is -1.87. The maximum Gasteiger partial charge on any atom is 0.343 e. The molecule has 80 valence electrons. The van der Waals surface area contributed by atoms with Crippen LogP contribution in [0.2, 0.25) is 0 Å². The van der Waals surface area contributed by atoms with E-state index in [1.807, 2.05) is 36.4 Å². The minimum absolute atomic E-state index is 0.281. The van der Waals surface area contributed by atoms with E-state index >= 15 is 0 Å². The molecule has 0 atom stereocenters. The second-order valence-corrected chi connectivity index (χ2v) is 4.59. The zero-order valence-corrected chi connectivity index (χ0v) is 11.0. The third-order valence-corrected chi connectivity index (χ3v) is 3.19. The minimum atomic E-state index is -0.281. The Morgan fingerprint density at radius 2 is 1.56 bits per heavy atom. The molecule has 0 radical (unpaired) electrons. The maximum absolute atomic E-state index is 11.8. The van der Waals surface area contributed by atoms with E-state index < -0.39 is 0 Å². The number of carbonyl (C=O) groups excluding carboxylic acids is 1. The quantitative estimate of drug-likeness (QED) is 0.433. The molecule has 0 saturated heterocycles. The van der Waals surface area contributed by atoms with E-state index in [0.717, 1.165) is 15.4 Å². The van der Waals surface area contributed by atoms with Gasteiger partial charge in [-0.15, -0.1) is 0 Å². The molecule has 2 nitrogen and oxygen atoms in total. The maximum atomic E-state index is 11.8. The summed E-state index contributed by atoms with van der Waals surface area (Å²) < 4.78 is 5.26. The van der Waals surface area contributed by atoms with E-state index in [2.05, 4.69) is 0 Å². The van der Waals surface area contributed by atoms with Crippen LogP contribution in [-0.4, -0.2) is 16.2 Å². The van der Waals surface area contributed by atoms with Gasteiger partial charge in [0.05, 0.1) is 5.56 Å². The minimum Gasteiger partial charge on any atom is -0.423 e. The highest BCUT2D eigenvalue weighted by Gasteiger charge is 2.09. The van der Waals surface area contributed by atoms with Gasteiger partial charge in [-0.3, -0.25) is 0 Å². The summed E-state index contributed by atoms with van der Waals surface area (Å²) in [5.74, 6) is 0.300. The first-order valence-electron chi connectivity index (χ1n) is 5.10.